The molecular formula is C31H48N8O4S+2. The van der Waals surface area contributed by atoms with E-state index in [1.165, 1.54) is 6.92 Å². The predicted molar refractivity (Wildman–Crippen MR) is 174 cm³/mol. The number of hydrogen-bond acceptors (Lipinski definition) is 10. The van der Waals surface area contributed by atoms with Gasteiger partial charge in [0, 0.05) is 20.0 Å². The van der Waals surface area contributed by atoms with Crippen molar-refractivity contribution in [3.8, 4) is 12.1 Å². The minimum absolute atomic E-state index is 0.221. The van der Waals surface area contributed by atoms with Gasteiger partial charge in [0.1, 0.15) is 30.1 Å². The Bertz CT molecular complexity index is 1330. The van der Waals surface area contributed by atoms with Gasteiger partial charge in [-0.2, -0.15) is 10.5 Å². The number of rotatable bonds is 19. The van der Waals surface area contributed by atoms with Crippen molar-refractivity contribution in [2.45, 2.75) is 13.8 Å². The van der Waals surface area contributed by atoms with E-state index in [9.17, 15) is 15.3 Å². The van der Waals surface area contributed by atoms with Gasteiger partial charge in [0.2, 0.25) is 5.91 Å². The summed E-state index contributed by atoms with van der Waals surface area (Å²) < 4.78 is 19.2. The first-order valence-corrected chi connectivity index (χ1v) is 15.4. The molecule has 0 bridgehead atoms. The lowest BCUT2D eigenvalue weighted by molar-refractivity contribution is -0.870. The van der Waals surface area contributed by atoms with Crippen molar-refractivity contribution in [1.82, 2.24) is 0 Å². The molecule has 0 saturated heterocycles. The molecule has 0 radical (unpaired) electrons. The van der Waals surface area contributed by atoms with E-state index in [0.717, 1.165) is 39.1 Å². The van der Waals surface area contributed by atoms with Crippen LogP contribution in [0.2, 0.25) is 0 Å². The molecule has 0 aliphatic carbocycles. The van der Waals surface area contributed by atoms with Crippen LogP contribution in [0.1, 0.15) is 22.9 Å². The van der Waals surface area contributed by atoms with Gasteiger partial charge in [0.25, 0.3) is 0 Å². The molecule has 1 heterocycles. The van der Waals surface area contributed by atoms with Crippen LogP contribution in [0.3, 0.4) is 0 Å². The fraction of sp³-hybridized carbons (Fsp3) is 0.581. The number of thiophene rings is 1. The summed E-state index contributed by atoms with van der Waals surface area (Å²) in [6.07, 6.45) is 0. The topological polar surface area (TPSA) is 132 Å². The number of anilines is 2. The standard InChI is InChI=1S/C31H47N8O4S/c1-24-27(22-32)31(44-30(24)23-33)36-35-26-9-10-29(28(21-26)34-25(2)40)37(11-15-41-17-13-38(3,4)5)12-16-42-19-20-43-18-14-39(6,7)8/h9-10,21H,11-20H2,1-8H3/q+1/p+1. The molecule has 2 aromatic rings. The third-order valence-electron chi connectivity index (χ3n) is 6.43. The molecule has 0 saturated carbocycles. The van der Waals surface area contributed by atoms with Gasteiger partial charge in [-0.15, -0.1) is 21.6 Å². The van der Waals surface area contributed by atoms with Crippen LogP contribution in [-0.4, -0.2) is 123 Å². The Morgan fingerprint density at radius 3 is 1.98 bits per heavy atom. The van der Waals surface area contributed by atoms with E-state index in [1.807, 2.05) is 6.07 Å². The van der Waals surface area contributed by atoms with Crippen molar-refractivity contribution in [1.29, 1.82) is 10.5 Å². The molecule has 1 aromatic carbocycles. The Hall–Kier alpha value is -3.43. The Morgan fingerprint density at radius 1 is 0.886 bits per heavy atom. The van der Waals surface area contributed by atoms with Crippen molar-refractivity contribution in [3.05, 3.63) is 34.2 Å². The first-order chi connectivity index (χ1) is 20.7. The number of carbonyl (C=O) groups is 1. The maximum atomic E-state index is 12.2. The van der Waals surface area contributed by atoms with E-state index in [0.29, 0.717) is 85.1 Å². The van der Waals surface area contributed by atoms with Crippen LogP contribution in [0.5, 0.6) is 0 Å². The zero-order valence-corrected chi connectivity index (χ0v) is 28.3. The molecule has 1 N–H and O–H groups in total. The van der Waals surface area contributed by atoms with E-state index < -0.39 is 0 Å². The molecular weight excluding hydrogens is 580 g/mol. The Kier molecular flexibility index (Phi) is 14.8. The average Bonchev–Trinajstić information content (AvgIpc) is 3.24. The number of hydrogen-bond donors (Lipinski definition) is 1. The minimum atomic E-state index is -0.221. The molecule has 44 heavy (non-hydrogen) atoms. The molecule has 12 nitrogen and oxygen atoms in total. The number of carbonyl (C=O) groups excluding carboxylic acids is 1. The summed E-state index contributed by atoms with van der Waals surface area (Å²) in [6, 6.07) is 9.62. The van der Waals surface area contributed by atoms with Gasteiger partial charge < -0.3 is 33.4 Å². The predicted octanol–water partition coefficient (Wildman–Crippen LogP) is 4.44. The summed E-state index contributed by atoms with van der Waals surface area (Å²) in [5, 5.41) is 30.7. The lowest BCUT2D eigenvalue weighted by Gasteiger charge is -2.28. The van der Waals surface area contributed by atoms with E-state index in [-0.39, 0.29) is 5.91 Å². The van der Waals surface area contributed by atoms with Crippen molar-refractivity contribution in [2.75, 3.05) is 118 Å². The third-order valence-corrected chi connectivity index (χ3v) is 7.51. The summed E-state index contributed by atoms with van der Waals surface area (Å²) in [5.41, 5.74) is 2.80. The molecule has 240 valence electrons. The number of nitriles is 2. The number of likely N-dealkylation sites (N-methyl/N-ethyl adjacent to an activating group) is 2. The molecule has 0 aliphatic rings. The van der Waals surface area contributed by atoms with Crippen LogP contribution in [-0.2, 0) is 19.0 Å². The lowest BCUT2D eigenvalue weighted by Crippen LogP contribution is -2.38. The van der Waals surface area contributed by atoms with Crippen molar-refractivity contribution >= 4 is 39.3 Å². The number of quaternary nitrogens is 2. The molecule has 0 unspecified atom stereocenters. The van der Waals surface area contributed by atoms with Crippen LogP contribution in [0, 0.1) is 29.6 Å². The normalized spacial score (nSPS) is 11.9. The third kappa shape index (κ3) is 13.5. The highest BCUT2D eigenvalue weighted by atomic mass is 32.1. The Labute approximate surface area is 266 Å². The van der Waals surface area contributed by atoms with Crippen molar-refractivity contribution in [3.63, 3.8) is 0 Å². The summed E-state index contributed by atoms with van der Waals surface area (Å²) in [6.45, 7) is 9.45. The molecule has 0 aliphatic heterocycles. The Balaban J connectivity index is 2.18. The van der Waals surface area contributed by atoms with Crippen LogP contribution in [0.25, 0.3) is 0 Å². The molecule has 13 heteroatoms. The van der Waals surface area contributed by atoms with Crippen LogP contribution >= 0.6 is 11.3 Å². The van der Waals surface area contributed by atoms with E-state index in [1.54, 1.807) is 19.1 Å². The van der Waals surface area contributed by atoms with Gasteiger partial charge in [-0.1, -0.05) is 0 Å². The van der Waals surface area contributed by atoms with Crippen LogP contribution < -0.4 is 10.2 Å². The van der Waals surface area contributed by atoms with E-state index in [2.05, 4.69) is 74.9 Å². The lowest BCUT2D eigenvalue weighted by atomic mass is 10.2. The number of benzene rings is 1. The van der Waals surface area contributed by atoms with Gasteiger partial charge >= 0.3 is 0 Å². The summed E-state index contributed by atoms with van der Waals surface area (Å²) in [7, 11) is 12.8. The summed E-state index contributed by atoms with van der Waals surface area (Å²) in [5.74, 6) is -0.221. The fourth-order valence-electron chi connectivity index (χ4n) is 3.86. The number of amides is 1. The van der Waals surface area contributed by atoms with Crippen molar-refractivity contribution < 1.29 is 28.0 Å². The zero-order valence-electron chi connectivity index (χ0n) is 27.5. The van der Waals surface area contributed by atoms with Gasteiger partial charge in [-0.05, 0) is 30.7 Å². The molecule has 1 aromatic heterocycles. The minimum Gasteiger partial charge on any atom is -0.377 e. The molecule has 0 atom stereocenters. The highest BCUT2D eigenvalue weighted by Crippen LogP contribution is 2.36. The van der Waals surface area contributed by atoms with Crippen LogP contribution in [0.4, 0.5) is 22.1 Å². The van der Waals surface area contributed by atoms with Crippen LogP contribution in [0.15, 0.2) is 28.4 Å². The van der Waals surface area contributed by atoms with Gasteiger partial charge in [0.15, 0.2) is 5.00 Å². The van der Waals surface area contributed by atoms with Gasteiger partial charge in [0.05, 0.1) is 105 Å². The maximum Gasteiger partial charge on any atom is 0.221 e. The Morgan fingerprint density at radius 2 is 1.45 bits per heavy atom. The fourth-order valence-corrected chi connectivity index (χ4v) is 4.74. The summed E-state index contributed by atoms with van der Waals surface area (Å²) >= 11 is 1.12. The summed E-state index contributed by atoms with van der Waals surface area (Å²) in [4.78, 5) is 14.7. The number of nitrogens with one attached hydrogen (secondary N) is 1. The largest absolute Gasteiger partial charge is 0.377 e. The number of ether oxygens (including phenoxy) is 3. The quantitative estimate of drug-likeness (QED) is 0.138. The van der Waals surface area contributed by atoms with E-state index >= 15 is 0 Å². The second-order valence-corrected chi connectivity index (χ2v) is 13.4. The molecule has 1 amide bonds. The van der Waals surface area contributed by atoms with Crippen molar-refractivity contribution in [2.24, 2.45) is 10.2 Å². The first kappa shape index (κ1) is 36.8. The second-order valence-electron chi connectivity index (χ2n) is 12.4. The second kappa shape index (κ2) is 17.8. The highest BCUT2D eigenvalue weighted by Gasteiger charge is 2.17. The smallest absolute Gasteiger partial charge is 0.221 e. The highest BCUT2D eigenvalue weighted by molar-refractivity contribution is 7.16. The molecule has 0 fully saturated rings. The zero-order chi connectivity index (χ0) is 32.8. The number of nitrogens with zero attached hydrogens (tertiary/aromatic N) is 7. The average molecular weight is 629 g/mol. The monoisotopic (exact) mass is 628 g/mol. The maximum absolute atomic E-state index is 12.2. The van der Waals surface area contributed by atoms with Gasteiger partial charge in [-0.3, -0.25) is 4.79 Å². The van der Waals surface area contributed by atoms with Gasteiger partial charge in [-0.25, -0.2) is 0 Å². The SMILES string of the molecule is CC(=O)Nc1cc(N=Nc2sc(C#N)c(C)c2C#N)ccc1N(CCOCCOCC[N+](C)(C)C)CCOCC[N+](C)(C)C. The van der Waals surface area contributed by atoms with E-state index in [4.69, 9.17) is 14.2 Å². The molecule has 2 rings (SSSR count). The molecule has 0 spiro atoms. The number of azo groups is 1. The first-order valence-electron chi connectivity index (χ1n) is 14.6.